The first-order chi connectivity index (χ1) is 16.5. The number of aromatic nitrogens is 3. The van der Waals surface area contributed by atoms with Gasteiger partial charge in [-0.25, -0.2) is 9.78 Å². The molecule has 0 spiro atoms. The standard InChI is InChI=1S/C22H31N5O.C2HF3O2/c1-5-25(6-2)13-9-12-23-22(28)20-19-10-7-8-14-27(19)21(24-20)18-11-15-26(16-18)17(3)4;3-2(4,5)1(6)7/h7-8,10-11,14-17H,5-6,9,12-13H2,1-4H3,(H,23,28);(H,6,7). The first kappa shape index (κ1) is 27.9. The molecule has 0 unspecified atom stereocenters. The van der Waals surface area contributed by atoms with E-state index in [9.17, 15) is 18.0 Å². The lowest BCUT2D eigenvalue weighted by molar-refractivity contribution is -0.192. The Labute approximate surface area is 202 Å². The first-order valence-electron chi connectivity index (χ1n) is 11.4. The van der Waals surface area contributed by atoms with E-state index in [0.29, 0.717) is 18.3 Å². The van der Waals surface area contributed by atoms with Crippen LogP contribution in [0.4, 0.5) is 13.2 Å². The molecule has 3 aromatic heterocycles. The van der Waals surface area contributed by atoms with Crippen LogP contribution in [0.15, 0.2) is 42.9 Å². The summed E-state index contributed by atoms with van der Waals surface area (Å²) in [6, 6.07) is 8.28. The quantitative estimate of drug-likeness (QED) is 0.427. The van der Waals surface area contributed by atoms with Crippen LogP contribution < -0.4 is 5.32 Å². The fourth-order valence-corrected chi connectivity index (χ4v) is 3.40. The Bertz CT molecular complexity index is 1120. The minimum atomic E-state index is -5.08. The molecule has 11 heteroatoms. The van der Waals surface area contributed by atoms with Gasteiger partial charge in [-0.3, -0.25) is 9.20 Å². The van der Waals surface area contributed by atoms with E-state index in [4.69, 9.17) is 14.9 Å². The van der Waals surface area contributed by atoms with E-state index >= 15 is 0 Å². The Morgan fingerprint density at radius 1 is 1.14 bits per heavy atom. The highest BCUT2D eigenvalue weighted by atomic mass is 19.4. The smallest absolute Gasteiger partial charge is 0.475 e. The normalized spacial score (nSPS) is 11.6. The summed E-state index contributed by atoms with van der Waals surface area (Å²) in [7, 11) is 0. The highest BCUT2D eigenvalue weighted by molar-refractivity contribution is 6.00. The van der Waals surface area contributed by atoms with Crippen LogP contribution in [0.1, 0.15) is 50.6 Å². The van der Waals surface area contributed by atoms with Crippen LogP contribution >= 0.6 is 0 Å². The number of imidazole rings is 1. The zero-order valence-electron chi connectivity index (χ0n) is 20.3. The Balaban J connectivity index is 0.000000540. The number of aliphatic carboxylic acids is 1. The molecule has 0 saturated carbocycles. The second-order valence-electron chi connectivity index (χ2n) is 8.12. The van der Waals surface area contributed by atoms with Gasteiger partial charge in [0.15, 0.2) is 5.69 Å². The van der Waals surface area contributed by atoms with Crippen molar-refractivity contribution < 1.29 is 27.9 Å². The number of nitrogens with one attached hydrogen (secondary N) is 1. The van der Waals surface area contributed by atoms with Crippen molar-refractivity contribution in [3.05, 3.63) is 48.5 Å². The third-order valence-electron chi connectivity index (χ3n) is 5.41. The van der Waals surface area contributed by atoms with Crippen molar-refractivity contribution >= 4 is 17.4 Å². The maximum absolute atomic E-state index is 12.8. The van der Waals surface area contributed by atoms with E-state index in [1.54, 1.807) is 0 Å². The molecule has 0 fully saturated rings. The van der Waals surface area contributed by atoms with E-state index in [0.717, 1.165) is 43.0 Å². The first-order valence-corrected chi connectivity index (χ1v) is 11.4. The Morgan fingerprint density at radius 2 is 1.80 bits per heavy atom. The minimum absolute atomic E-state index is 0.113. The minimum Gasteiger partial charge on any atom is -0.475 e. The molecular weight excluding hydrogens is 463 g/mol. The van der Waals surface area contributed by atoms with Crippen molar-refractivity contribution in [2.75, 3.05) is 26.2 Å². The van der Waals surface area contributed by atoms with Gasteiger partial charge in [0, 0.05) is 36.7 Å². The fraction of sp³-hybridized carbons (Fsp3) is 0.458. The number of carbonyl (C=O) groups excluding carboxylic acids is 1. The topological polar surface area (TPSA) is 91.9 Å². The average molecular weight is 496 g/mol. The molecule has 0 aliphatic rings. The lowest BCUT2D eigenvalue weighted by atomic mass is 10.3. The summed E-state index contributed by atoms with van der Waals surface area (Å²) in [5.74, 6) is -2.08. The van der Waals surface area contributed by atoms with Crippen LogP contribution in [0.3, 0.4) is 0 Å². The molecule has 0 aliphatic carbocycles. The van der Waals surface area contributed by atoms with Crippen LogP contribution in [0.2, 0.25) is 0 Å². The molecule has 3 aromatic rings. The molecule has 8 nitrogen and oxygen atoms in total. The zero-order valence-corrected chi connectivity index (χ0v) is 20.3. The van der Waals surface area contributed by atoms with E-state index in [-0.39, 0.29) is 5.91 Å². The summed E-state index contributed by atoms with van der Waals surface area (Å²) >= 11 is 0. The van der Waals surface area contributed by atoms with E-state index < -0.39 is 12.1 Å². The second kappa shape index (κ2) is 12.4. The third kappa shape index (κ3) is 7.57. The van der Waals surface area contributed by atoms with Crippen LogP contribution in [-0.2, 0) is 4.79 Å². The number of rotatable bonds is 9. The number of carboxylic acids is 1. The fourth-order valence-electron chi connectivity index (χ4n) is 3.40. The summed E-state index contributed by atoms with van der Waals surface area (Å²) in [5.41, 5.74) is 2.32. The van der Waals surface area contributed by atoms with Crippen molar-refractivity contribution in [1.29, 1.82) is 0 Å². The molecule has 192 valence electrons. The Hall–Kier alpha value is -3.34. The van der Waals surface area contributed by atoms with E-state index in [2.05, 4.69) is 54.9 Å². The van der Waals surface area contributed by atoms with Crippen LogP contribution in [0, 0.1) is 0 Å². The number of pyridine rings is 1. The van der Waals surface area contributed by atoms with E-state index in [1.807, 2.05) is 34.9 Å². The Kier molecular flexibility index (Phi) is 9.88. The maximum atomic E-state index is 12.8. The number of alkyl halides is 3. The molecule has 0 saturated heterocycles. The number of hydrogen-bond acceptors (Lipinski definition) is 4. The SMILES string of the molecule is CCN(CC)CCCNC(=O)c1nc(-c2ccn(C(C)C)c2)n2ccccc12.O=C(O)C(F)(F)F. The number of fused-ring (bicyclic) bond motifs is 1. The third-order valence-corrected chi connectivity index (χ3v) is 5.41. The molecule has 3 rings (SSSR count). The van der Waals surface area contributed by atoms with Gasteiger partial charge in [0.2, 0.25) is 0 Å². The lowest BCUT2D eigenvalue weighted by Crippen LogP contribution is -2.30. The molecule has 35 heavy (non-hydrogen) atoms. The van der Waals surface area contributed by atoms with Crippen LogP contribution in [-0.4, -0.2) is 68.2 Å². The van der Waals surface area contributed by atoms with Gasteiger partial charge in [-0.05, 0) is 58.1 Å². The lowest BCUT2D eigenvalue weighted by Gasteiger charge is -2.17. The average Bonchev–Trinajstić information content (AvgIpc) is 3.44. The summed E-state index contributed by atoms with van der Waals surface area (Å²) in [5, 5.41) is 10.2. The van der Waals surface area contributed by atoms with Gasteiger partial charge >= 0.3 is 12.1 Å². The van der Waals surface area contributed by atoms with Crippen LogP contribution in [0.5, 0.6) is 0 Å². The van der Waals surface area contributed by atoms with E-state index in [1.165, 1.54) is 0 Å². The van der Waals surface area contributed by atoms with Gasteiger partial charge in [-0.15, -0.1) is 0 Å². The molecule has 0 aromatic carbocycles. The maximum Gasteiger partial charge on any atom is 0.490 e. The molecule has 0 bridgehead atoms. The Morgan fingerprint density at radius 3 is 2.34 bits per heavy atom. The van der Waals surface area contributed by atoms with Crippen molar-refractivity contribution in [1.82, 2.24) is 24.2 Å². The van der Waals surface area contributed by atoms with Gasteiger partial charge in [0.1, 0.15) is 5.82 Å². The predicted molar refractivity (Wildman–Crippen MR) is 127 cm³/mol. The van der Waals surface area contributed by atoms with Crippen molar-refractivity contribution in [3.8, 4) is 11.4 Å². The van der Waals surface area contributed by atoms with Gasteiger partial charge < -0.3 is 19.9 Å². The zero-order chi connectivity index (χ0) is 26.2. The molecular formula is C24H32F3N5O3. The summed E-state index contributed by atoms with van der Waals surface area (Å²) in [4.78, 5) is 28.8. The highest BCUT2D eigenvalue weighted by Gasteiger charge is 2.38. The highest BCUT2D eigenvalue weighted by Crippen LogP contribution is 2.24. The molecule has 0 radical (unpaired) electrons. The molecule has 3 heterocycles. The van der Waals surface area contributed by atoms with Gasteiger partial charge in [-0.2, -0.15) is 13.2 Å². The van der Waals surface area contributed by atoms with Gasteiger partial charge in [0.05, 0.1) is 5.52 Å². The molecule has 0 atom stereocenters. The second-order valence-corrected chi connectivity index (χ2v) is 8.12. The van der Waals surface area contributed by atoms with Crippen molar-refractivity contribution in [2.24, 2.45) is 0 Å². The largest absolute Gasteiger partial charge is 0.490 e. The van der Waals surface area contributed by atoms with Crippen molar-refractivity contribution in [2.45, 2.75) is 46.3 Å². The van der Waals surface area contributed by atoms with Crippen molar-refractivity contribution in [3.63, 3.8) is 0 Å². The molecule has 0 aliphatic heterocycles. The van der Waals surface area contributed by atoms with Gasteiger partial charge in [-0.1, -0.05) is 19.9 Å². The monoisotopic (exact) mass is 495 g/mol. The number of nitrogens with zero attached hydrogens (tertiary/aromatic N) is 4. The predicted octanol–water partition coefficient (Wildman–Crippen LogP) is 4.48. The number of hydrogen-bond donors (Lipinski definition) is 2. The number of amides is 1. The molecule has 1 amide bonds. The summed E-state index contributed by atoms with van der Waals surface area (Å²) < 4.78 is 35.9. The number of carbonyl (C=O) groups is 2. The number of carboxylic acid groups (broad SMARTS) is 1. The van der Waals surface area contributed by atoms with Gasteiger partial charge in [0.25, 0.3) is 5.91 Å². The summed E-state index contributed by atoms with van der Waals surface area (Å²) in [6.45, 7) is 12.3. The van der Waals surface area contributed by atoms with Crippen LogP contribution in [0.25, 0.3) is 16.9 Å². The number of halogens is 3. The summed E-state index contributed by atoms with van der Waals surface area (Å²) in [6.07, 6.45) is 1.94. The molecule has 2 N–H and O–H groups in total.